The minimum Gasteiger partial charge on any atom is -0.477 e. The average Bonchev–Trinajstić information content (AvgIpc) is 2.72. The Morgan fingerprint density at radius 1 is 1.38 bits per heavy atom. The lowest BCUT2D eigenvalue weighted by Crippen LogP contribution is -2.47. The summed E-state index contributed by atoms with van der Waals surface area (Å²) in [6, 6.07) is 0.179. The molecular formula is C15H23N3O3. The monoisotopic (exact) mass is 293 g/mol. The van der Waals surface area contributed by atoms with Crippen molar-refractivity contribution in [1.82, 2.24) is 14.8 Å². The van der Waals surface area contributed by atoms with E-state index < -0.39 is 5.97 Å². The van der Waals surface area contributed by atoms with Crippen LogP contribution in [0.2, 0.25) is 0 Å². The highest BCUT2D eigenvalue weighted by molar-refractivity contribution is 6.00. The molecule has 0 radical (unpaired) electrons. The van der Waals surface area contributed by atoms with Crippen molar-refractivity contribution in [3.63, 3.8) is 0 Å². The number of aryl methyl sites for hydroxylation is 1. The van der Waals surface area contributed by atoms with Crippen LogP contribution in [0.15, 0.2) is 0 Å². The SMILES string of the molecule is Cc1[nH]c(C(=O)O)c(C)c1C(=O)N(C)C1CCCN(C)C1. The number of carboxylic acids is 1. The molecule has 2 heterocycles. The van der Waals surface area contributed by atoms with Gasteiger partial charge in [-0.05, 0) is 45.8 Å². The minimum absolute atomic E-state index is 0.102. The van der Waals surface area contributed by atoms with Gasteiger partial charge < -0.3 is 19.9 Å². The molecule has 2 N–H and O–H groups in total. The van der Waals surface area contributed by atoms with E-state index in [9.17, 15) is 9.59 Å². The predicted octanol–water partition coefficient (Wildman–Crippen LogP) is 1.50. The number of likely N-dealkylation sites (tertiary alicyclic amines) is 1. The lowest BCUT2D eigenvalue weighted by Gasteiger charge is -2.36. The number of aromatic nitrogens is 1. The average molecular weight is 293 g/mol. The molecule has 6 heteroatoms. The third-order valence-corrected chi connectivity index (χ3v) is 4.33. The Morgan fingerprint density at radius 3 is 2.57 bits per heavy atom. The Morgan fingerprint density at radius 2 is 2.05 bits per heavy atom. The van der Waals surface area contributed by atoms with Crippen LogP contribution in [0.25, 0.3) is 0 Å². The topological polar surface area (TPSA) is 76.6 Å². The third kappa shape index (κ3) is 2.95. The lowest BCUT2D eigenvalue weighted by molar-refractivity contribution is 0.0642. The molecule has 0 saturated carbocycles. The van der Waals surface area contributed by atoms with Gasteiger partial charge in [0.05, 0.1) is 5.56 Å². The molecule has 1 fully saturated rings. The molecule has 0 bridgehead atoms. The highest BCUT2D eigenvalue weighted by Crippen LogP contribution is 2.22. The number of piperidine rings is 1. The summed E-state index contributed by atoms with van der Waals surface area (Å²) in [4.78, 5) is 30.7. The second kappa shape index (κ2) is 5.89. The molecule has 1 aliphatic rings. The molecule has 116 valence electrons. The van der Waals surface area contributed by atoms with E-state index in [4.69, 9.17) is 5.11 Å². The van der Waals surface area contributed by atoms with Gasteiger partial charge in [-0.2, -0.15) is 0 Å². The quantitative estimate of drug-likeness (QED) is 0.885. The van der Waals surface area contributed by atoms with Gasteiger partial charge in [-0.15, -0.1) is 0 Å². The molecule has 0 spiro atoms. The molecular weight excluding hydrogens is 270 g/mol. The molecule has 2 rings (SSSR count). The van der Waals surface area contributed by atoms with Crippen molar-refractivity contribution in [2.75, 3.05) is 27.2 Å². The fourth-order valence-corrected chi connectivity index (χ4v) is 3.08. The normalized spacial score (nSPS) is 19.5. The van der Waals surface area contributed by atoms with E-state index in [-0.39, 0.29) is 17.6 Å². The standard InChI is InChI=1S/C15H23N3O3/c1-9-12(10(2)16-13(9)15(20)21)14(19)18(4)11-6-5-7-17(3)8-11/h11,16H,5-8H2,1-4H3,(H,20,21). The van der Waals surface area contributed by atoms with Gasteiger partial charge in [-0.3, -0.25) is 4.79 Å². The Kier molecular flexibility index (Phi) is 4.37. The van der Waals surface area contributed by atoms with Crippen LogP contribution in [-0.4, -0.2) is 65.0 Å². The Hall–Kier alpha value is -1.82. The number of hydrogen-bond donors (Lipinski definition) is 2. The van der Waals surface area contributed by atoms with Crippen LogP contribution in [0, 0.1) is 13.8 Å². The molecule has 0 aromatic carbocycles. The van der Waals surface area contributed by atoms with E-state index in [1.54, 1.807) is 25.8 Å². The summed E-state index contributed by atoms with van der Waals surface area (Å²) < 4.78 is 0. The Balaban J connectivity index is 2.25. The van der Waals surface area contributed by atoms with E-state index in [0.29, 0.717) is 16.8 Å². The predicted molar refractivity (Wildman–Crippen MR) is 79.8 cm³/mol. The van der Waals surface area contributed by atoms with Crippen molar-refractivity contribution in [3.8, 4) is 0 Å². The molecule has 1 aliphatic heterocycles. The third-order valence-electron chi connectivity index (χ3n) is 4.33. The second-order valence-electron chi connectivity index (χ2n) is 5.90. The first kappa shape index (κ1) is 15.6. The number of nitrogens with one attached hydrogen (secondary N) is 1. The van der Waals surface area contributed by atoms with Crippen LogP contribution >= 0.6 is 0 Å². The van der Waals surface area contributed by atoms with Gasteiger partial charge in [-0.25, -0.2) is 4.79 Å². The Bertz CT molecular complexity index is 565. The summed E-state index contributed by atoms with van der Waals surface area (Å²) in [6.07, 6.45) is 2.06. The molecule has 0 aliphatic carbocycles. The van der Waals surface area contributed by atoms with Crippen molar-refractivity contribution in [2.24, 2.45) is 0 Å². The largest absolute Gasteiger partial charge is 0.477 e. The molecule has 1 atom stereocenters. The van der Waals surface area contributed by atoms with Crippen molar-refractivity contribution < 1.29 is 14.7 Å². The van der Waals surface area contributed by atoms with Gasteiger partial charge in [0.25, 0.3) is 5.91 Å². The first-order valence-electron chi connectivity index (χ1n) is 7.21. The summed E-state index contributed by atoms with van der Waals surface area (Å²) in [5, 5.41) is 9.14. The summed E-state index contributed by atoms with van der Waals surface area (Å²) in [7, 11) is 3.86. The van der Waals surface area contributed by atoms with Gasteiger partial charge in [0.1, 0.15) is 5.69 Å². The number of carboxylic acid groups (broad SMARTS) is 1. The molecule has 1 saturated heterocycles. The van der Waals surface area contributed by atoms with Gasteiger partial charge >= 0.3 is 5.97 Å². The van der Waals surface area contributed by atoms with Crippen LogP contribution in [0.1, 0.15) is 44.9 Å². The van der Waals surface area contributed by atoms with Crippen LogP contribution in [0.4, 0.5) is 0 Å². The van der Waals surface area contributed by atoms with Gasteiger partial charge in [0, 0.05) is 25.3 Å². The zero-order valence-corrected chi connectivity index (χ0v) is 13.1. The van der Waals surface area contributed by atoms with Gasteiger partial charge in [0.15, 0.2) is 0 Å². The molecule has 21 heavy (non-hydrogen) atoms. The number of H-pyrrole nitrogens is 1. The second-order valence-corrected chi connectivity index (χ2v) is 5.90. The van der Waals surface area contributed by atoms with Crippen molar-refractivity contribution in [3.05, 3.63) is 22.5 Å². The number of nitrogens with zero attached hydrogens (tertiary/aromatic N) is 2. The van der Waals surface area contributed by atoms with E-state index in [0.717, 1.165) is 25.9 Å². The van der Waals surface area contributed by atoms with Crippen molar-refractivity contribution >= 4 is 11.9 Å². The van der Waals surface area contributed by atoms with E-state index in [2.05, 4.69) is 16.9 Å². The molecule has 1 amide bonds. The number of aromatic carboxylic acids is 1. The molecule has 1 unspecified atom stereocenters. The smallest absolute Gasteiger partial charge is 0.352 e. The van der Waals surface area contributed by atoms with E-state index in [1.165, 1.54) is 0 Å². The number of aromatic amines is 1. The summed E-state index contributed by atoms with van der Waals surface area (Å²) in [5.74, 6) is -1.14. The Labute approximate surface area is 124 Å². The number of carbonyl (C=O) groups excluding carboxylic acids is 1. The number of hydrogen-bond acceptors (Lipinski definition) is 3. The van der Waals surface area contributed by atoms with Gasteiger partial charge in [-0.1, -0.05) is 0 Å². The summed E-state index contributed by atoms with van der Waals surface area (Å²) >= 11 is 0. The minimum atomic E-state index is -1.03. The maximum Gasteiger partial charge on any atom is 0.352 e. The van der Waals surface area contributed by atoms with Gasteiger partial charge in [0.2, 0.25) is 0 Å². The lowest BCUT2D eigenvalue weighted by atomic mass is 10.0. The zero-order chi connectivity index (χ0) is 15.7. The first-order valence-corrected chi connectivity index (χ1v) is 7.21. The number of carbonyl (C=O) groups is 2. The molecule has 1 aromatic heterocycles. The zero-order valence-electron chi connectivity index (χ0n) is 13.1. The summed E-state index contributed by atoms with van der Waals surface area (Å²) in [6.45, 7) is 5.34. The van der Waals surface area contributed by atoms with Crippen LogP contribution in [-0.2, 0) is 0 Å². The van der Waals surface area contributed by atoms with Crippen LogP contribution in [0.3, 0.4) is 0 Å². The molecule has 6 nitrogen and oxygen atoms in total. The van der Waals surface area contributed by atoms with Crippen LogP contribution < -0.4 is 0 Å². The fourth-order valence-electron chi connectivity index (χ4n) is 3.08. The maximum absolute atomic E-state index is 12.7. The van der Waals surface area contributed by atoms with Crippen molar-refractivity contribution in [2.45, 2.75) is 32.7 Å². The molecule has 1 aromatic rings. The summed E-state index contributed by atoms with van der Waals surface area (Å²) in [5.41, 5.74) is 1.72. The maximum atomic E-state index is 12.7. The number of rotatable bonds is 3. The number of amides is 1. The van der Waals surface area contributed by atoms with E-state index in [1.807, 2.05) is 0 Å². The fraction of sp³-hybridized carbons (Fsp3) is 0.600. The van der Waals surface area contributed by atoms with Crippen molar-refractivity contribution in [1.29, 1.82) is 0 Å². The van der Waals surface area contributed by atoms with Crippen LogP contribution in [0.5, 0.6) is 0 Å². The van der Waals surface area contributed by atoms with E-state index >= 15 is 0 Å². The number of likely N-dealkylation sites (N-methyl/N-ethyl adjacent to an activating group) is 2. The highest BCUT2D eigenvalue weighted by atomic mass is 16.4. The highest BCUT2D eigenvalue weighted by Gasteiger charge is 2.29. The first-order chi connectivity index (χ1) is 9.82.